The highest BCUT2D eigenvalue weighted by Crippen LogP contribution is 2.12. The van der Waals surface area contributed by atoms with Gasteiger partial charge < -0.3 is 23.8 Å². The number of allylic oxidation sites excluding steroid dienone is 16. The van der Waals surface area contributed by atoms with Gasteiger partial charge in [-0.3, -0.25) is 9.59 Å². The lowest BCUT2D eigenvalue weighted by Gasteiger charge is -2.31. The highest BCUT2D eigenvalue weighted by atomic mass is 16.6. The Balaban J connectivity index is 4.45. The van der Waals surface area contributed by atoms with Crippen LogP contribution >= 0.6 is 0 Å². The largest absolute Gasteiger partial charge is 0.477 e. The number of hydrogen-bond acceptors (Lipinski definition) is 6. The van der Waals surface area contributed by atoms with E-state index in [1.807, 2.05) is 21.1 Å². The molecule has 0 heterocycles. The number of carbonyl (C=O) groups excluding carboxylic acids is 2. The van der Waals surface area contributed by atoms with Crippen LogP contribution in [0.3, 0.4) is 0 Å². The summed E-state index contributed by atoms with van der Waals surface area (Å²) >= 11 is 0. The smallest absolute Gasteiger partial charge is 0.362 e. The van der Waals surface area contributed by atoms with Gasteiger partial charge in [-0.15, -0.1) is 0 Å². The predicted molar refractivity (Wildman–Crippen MR) is 252 cm³/mol. The van der Waals surface area contributed by atoms with E-state index in [2.05, 4.69) is 111 Å². The maximum Gasteiger partial charge on any atom is 0.362 e. The van der Waals surface area contributed by atoms with E-state index >= 15 is 0 Å². The summed E-state index contributed by atoms with van der Waals surface area (Å²) in [6.07, 6.45) is 56.0. The monoisotopic (exact) mass is 837 g/mol. The minimum Gasteiger partial charge on any atom is -0.477 e. The van der Waals surface area contributed by atoms with Gasteiger partial charge in [-0.2, -0.15) is 0 Å². The fraction of sp³-hybridized carbons (Fsp3) is 0.635. The SMILES string of the molecule is CC/C=C\C/C=C\C/C=C\C/C=C\C/C=C\CCCC(=O)OC(COCCC(C(=O)O)[N+](C)(C)C)COC(=O)CCCCCCCC/C=C\C/C=C\C/C=C\CCCCC. The van der Waals surface area contributed by atoms with Crippen LogP contribution in [0.25, 0.3) is 0 Å². The van der Waals surface area contributed by atoms with Gasteiger partial charge in [-0.05, 0) is 89.9 Å². The van der Waals surface area contributed by atoms with Gasteiger partial charge in [0, 0.05) is 19.3 Å². The Kier molecular flexibility index (Phi) is 39.3. The van der Waals surface area contributed by atoms with Gasteiger partial charge in [0.2, 0.25) is 0 Å². The molecular weight excluding hydrogens is 751 g/mol. The summed E-state index contributed by atoms with van der Waals surface area (Å²) in [6.45, 7) is 4.50. The van der Waals surface area contributed by atoms with Crippen LogP contribution in [-0.4, -0.2) is 80.6 Å². The molecule has 0 saturated carbocycles. The lowest BCUT2D eigenvalue weighted by atomic mass is 10.1. The Morgan fingerprint density at radius 2 is 0.950 bits per heavy atom. The fourth-order valence-electron chi connectivity index (χ4n) is 6.13. The molecule has 8 heteroatoms. The number of esters is 2. The number of carboxylic acid groups (broad SMARTS) is 1. The first-order chi connectivity index (χ1) is 29.1. The lowest BCUT2D eigenvalue weighted by molar-refractivity contribution is -0.887. The van der Waals surface area contributed by atoms with Crippen molar-refractivity contribution in [3.63, 3.8) is 0 Å². The molecule has 0 aliphatic heterocycles. The average Bonchev–Trinajstić information content (AvgIpc) is 3.21. The van der Waals surface area contributed by atoms with E-state index < -0.39 is 18.1 Å². The van der Waals surface area contributed by atoms with Crippen LogP contribution in [0, 0.1) is 0 Å². The molecule has 0 aliphatic carbocycles. The Labute approximate surface area is 366 Å². The Hall–Kier alpha value is -3.75. The van der Waals surface area contributed by atoms with E-state index in [9.17, 15) is 19.5 Å². The van der Waals surface area contributed by atoms with Crippen LogP contribution in [0.5, 0.6) is 0 Å². The highest BCUT2D eigenvalue weighted by Gasteiger charge is 2.31. The summed E-state index contributed by atoms with van der Waals surface area (Å²) in [7, 11) is 5.49. The number of quaternary nitrogens is 1. The van der Waals surface area contributed by atoms with Crippen molar-refractivity contribution in [1.82, 2.24) is 0 Å². The first kappa shape index (κ1) is 56.2. The molecule has 0 rings (SSSR count). The van der Waals surface area contributed by atoms with E-state index in [1.54, 1.807) is 0 Å². The number of carboxylic acids is 1. The minimum atomic E-state index is -0.890. The van der Waals surface area contributed by atoms with Gasteiger partial charge in [0.25, 0.3) is 0 Å². The summed E-state index contributed by atoms with van der Waals surface area (Å²) in [6, 6.07) is -0.633. The summed E-state index contributed by atoms with van der Waals surface area (Å²) < 4.78 is 17.2. The van der Waals surface area contributed by atoms with Crippen molar-refractivity contribution in [2.45, 2.75) is 174 Å². The van der Waals surface area contributed by atoms with E-state index in [-0.39, 0.29) is 42.7 Å². The van der Waals surface area contributed by atoms with Gasteiger partial charge in [0.05, 0.1) is 34.4 Å². The lowest BCUT2D eigenvalue weighted by Crippen LogP contribution is -2.50. The molecule has 0 aromatic rings. The fourth-order valence-corrected chi connectivity index (χ4v) is 6.13. The van der Waals surface area contributed by atoms with Crippen molar-refractivity contribution in [1.29, 1.82) is 0 Å². The quantitative estimate of drug-likeness (QED) is 0.0284. The Bertz CT molecular complexity index is 1300. The second-order valence-electron chi connectivity index (χ2n) is 16.3. The Morgan fingerprint density at radius 1 is 0.517 bits per heavy atom. The van der Waals surface area contributed by atoms with E-state index in [0.29, 0.717) is 19.3 Å². The molecule has 0 aromatic heterocycles. The topological polar surface area (TPSA) is 99.1 Å². The molecule has 0 radical (unpaired) electrons. The number of ether oxygens (including phenoxy) is 3. The molecule has 0 bridgehead atoms. The van der Waals surface area contributed by atoms with Crippen molar-refractivity contribution in [3.8, 4) is 0 Å². The third-order valence-electron chi connectivity index (χ3n) is 9.72. The minimum absolute atomic E-state index is 0.0278. The first-order valence-electron chi connectivity index (χ1n) is 23.3. The van der Waals surface area contributed by atoms with E-state index in [1.165, 1.54) is 38.5 Å². The summed E-state index contributed by atoms with van der Waals surface area (Å²) in [5, 5.41) is 9.63. The van der Waals surface area contributed by atoms with Crippen molar-refractivity contribution >= 4 is 17.9 Å². The zero-order valence-corrected chi connectivity index (χ0v) is 38.6. The number of nitrogens with zero attached hydrogens (tertiary/aromatic N) is 1. The molecule has 8 nitrogen and oxygen atoms in total. The molecule has 0 amide bonds. The summed E-state index contributed by atoms with van der Waals surface area (Å²) in [5.74, 6) is -1.57. The Morgan fingerprint density at radius 3 is 1.43 bits per heavy atom. The highest BCUT2D eigenvalue weighted by molar-refractivity contribution is 5.72. The molecule has 340 valence electrons. The third-order valence-corrected chi connectivity index (χ3v) is 9.72. The molecular formula is C52H86NO7+. The number of unbranched alkanes of at least 4 members (excludes halogenated alkanes) is 10. The maximum atomic E-state index is 12.7. The van der Waals surface area contributed by atoms with Gasteiger partial charge in [0.15, 0.2) is 12.1 Å². The zero-order chi connectivity index (χ0) is 44.2. The molecule has 1 N–H and O–H groups in total. The summed E-state index contributed by atoms with van der Waals surface area (Å²) in [5.41, 5.74) is 0. The molecule has 60 heavy (non-hydrogen) atoms. The molecule has 0 fully saturated rings. The van der Waals surface area contributed by atoms with Gasteiger partial charge in [0.1, 0.15) is 6.61 Å². The molecule has 2 unspecified atom stereocenters. The number of hydrogen-bond donors (Lipinski definition) is 1. The molecule has 2 atom stereocenters. The van der Waals surface area contributed by atoms with Crippen molar-refractivity contribution in [3.05, 3.63) is 97.2 Å². The average molecular weight is 837 g/mol. The third kappa shape index (κ3) is 39.7. The summed E-state index contributed by atoms with van der Waals surface area (Å²) in [4.78, 5) is 37.0. The van der Waals surface area contributed by atoms with Crippen molar-refractivity contribution < 1.29 is 38.2 Å². The van der Waals surface area contributed by atoms with E-state index in [4.69, 9.17) is 14.2 Å². The molecule has 0 aromatic carbocycles. The number of likely N-dealkylation sites (N-methyl/N-ethyl adjacent to an activating group) is 1. The zero-order valence-electron chi connectivity index (χ0n) is 38.6. The number of aliphatic carboxylic acids is 1. The van der Waals surface area contributed by atoms with Crippen LogP contribution in [-0.2, 0) is 28.6 Å². The van der Waals surface area contributed by atoms with Crippen LogP contribution < -0.4 is 0 Å². The number of carbonyl (C=O) groups is 3. The normalized spacial score (nSPS) is 13.8. The van der Waals surface area contributed by atoms with Crippen LogP contribution in [0.2, 0.25) is 0 Å². The first-order valence-corrected chi connectivity index (χ1v) is 23.3. The van der Waals surface area contributed by atoms with Gasteiger partial charge in [-0.25, -0.2) is 4.79 Å². The van der Waals surface area contributed by atoms with E-state index in [0.717, 1.165) is 83.5 Å². The standard InChI is InChI=1S/C52H85NO7/c1-6-8-10-12-14-16-18-20-22-24-25-27-28-30-32-34-36-38-40-42-50(54)59-47-48(46-58-45-44-49(52(56)57)53(3,4)5)60-51(55)43-41-39-37-35-33-31-29-26-23-21-19-17-15-13-11-9-7-2/h9,11,14-17,20-23,25,27,29,31,35,37,48-49H,6-8,10,12-13,18-19,24,26,28,30,32-34,36,38-47H2,1-5H3/p+1/b11-9-,16-14-,17-15-,22-20-,23-21-,27-25-,31-29-,37-35-. The van der Waals surface area contributed by atoms with Crippen LogP contribution in [0.15, 0.2) is 97.2 Å². The predicted octanol–water partition coefficient (Wildman–Crippen LogP) is 13.1. The van der Waals surface area contributed by atoms with Crippen molar-refractivity contribution in [2.24, 2.45) is 0 Å². The second kappa shape index (κ2) is 42.0. The molecule has 0 spiro atoms. The van der Waals surface area contributed by atoms with Crippen molar-refractivity contribution in [2.75, 3.05) is 41.0 Å². The van der Waals surface area contributed by atoms with Gasteiger partial charge >= 0.3 is 17.9 Å². The van der Waals surface area contributed by atoms with Crippen LogP contribution in [0.1, 0.15) is 162 Å². The second-order valence-corrected chi connectivity index (χ2v) is 16.3. The van der Waals surface area contributed by atoms with Crippen LogP contribution in [0.4, 0.5) is 0 Å². The maximum absolute atomic E-state index is 12.7. The number of rotatable bonds is 40. The molecule has 0 aliphatic rings. The van der Waals surface area contributed by atoms with Gasteiger partial charge in [-0.1, -0.05) is 150 Å². The molecule has 0 saturated heterocycles.